The molecule has 1 aromatic carbocycles. The highest BCUT2D eigenvalue weighted by atomic mass is 35.5. The molecule has 0 aliphatic rings. The third kappa shape index (κ3) is 4.30. The van der Waals surface area contributed by atoms with Crippen LogP contribution < -0.4 is 5.32 Å². The van der Waals surface area contributed by atoms with Gasteiger partial charge in [0.15, 0.2) is 0 Å². The van der Waals surface area contributed by atoms with Crippen LogP contribution in [0.2, 0.25) is 5.02 Å². The first-order valence-corrected chi connectivity index (χ1v) is 6.52. The van der Waals surface area contributed by atoms with Gasteiger partial charge in [0.1, 0.15) is 0 Å². The van der Waals surface area contributed by atoms with Crippen molar-refractivity contribution in [3.05, 3.63) is 34.9 Å². The van der Waals surface area contributed by atoms with E-state index in [2.05, 4.69) is 37.2 Å². The maximum atomic E-state index is 6.17. The minimum atomic E-state index is 0.527. The SMILES string of the molecule is CNCC(C)C(C)N(C)Cc1ccccc1Cl. The summed E-state index contributed by atoms with van der Waals surface area (Å²) in [5.41, 5.74) is 1.19. The maximum absolute atomic E-state index is 6.17. The van der Waals surface area contributed by atoms with Crippen LogP contribution in [0.3, 0.4) is 0 Å². The topological polar surface area (TPSA) is 15.3 Å². The normalized spacial score (nSPS) is 14.9. The lowest BCUT2D eigenvalue weighted by atomic mass is 10.0. The Hall–Kier alpha value is -0.570. The summed E-state index contributed by atoms with van der Waals surface area (Å²) in [4.78, 5) is 2.35. The molecule has 0 saturated carbocycles. The van der Waals surface area contributed by atoms with Crippen LogP contribution in [0.25, 0.3) is 0 Å². The van der Waals surface area contributed by atoms with Crippen molar-refractivity contribution < 1.29 is 0 Å². The van der Waals surface area contributed by atoms with Gasteiger partial charge in [-0.1, -0.05) is 36.7 Å². The summed E-state index contributed by atoms with van der Waals surface area (Å²) in [5, 5.41) is 4.08. The van der Waals surface area contributed by atoms with Crippen molar-refractivity contribution in [1.82, 2.24) is 10.2 Å². The second-order valence-electron chi connectivity index (χ2n) is 4.78. The van der Waals surface area contributed by atoms with Crippen molar-refractivity contribution in [2.45, 2.75) is 26.4 Å². The van der Waals surface area contributed by atoms with E-state index in [0.29, 0.717) is 12.0 Å². The zero-order valence-corrected chi connectivity index (χ0v) is 12.0. The molecule has 17 heavy (non-hydrogen) atoms. The smallest absolute Gasteiger partial charge is 0.0451 e. The molecule has 0 bridgehead atoms. The number of hydrogen-bond donors (Lipinski definition) is 1. The minimum absolute atomic E-state index is 0.527. The van der Waals surface area contributed by atoms with Crippen molar-refractivity contribution in [2.75, 3.05) is 20.6 Å². The number of hydrogen-bond acceptors (Lipinski definition) is 2. The Labute approximate surface area is 110 Å². The van der Waals surface area contributed by atoms with Crippen molar-refractivity contribution in [2.24, 2.45) is 5.92 Å². The molecule has 0 aromatic heterocycles. The molecule has 0 aliphatic carbocycles. The summed E-state index contributed by atoms with van der Waals surface area (Å²) in [6, 6.07) is 8.58. The number of benzene rings is 1. The molecular formula is C14H23ClN2. The fourth-order valence-corrected chi connectivity index (χ4v) is 2.16. The minimum Gasteiger partial charge on any atom is -0.319 e. The van der Waals surface area contributed by atoms with E-state index in [1.807, 2.05) is 25.2 Å². The van der Waals surface area contributed by atoms with Gasteiger partial charge < -0.3 is 5.32 Å². The molecule has 0 spiro atoms. The van der Waals surface area contributed by atoms with Crippen LogP contribution in [-0.2, 0) is 6.54 Å². The van der Waals surface area contributed by atoms with Crippen molar-refractivity contribution in [3.63, 3.8) is 0 Å². The van der Waals surface area contributed by atoms with E-state index in [0.717, 1.165) is 18.1 Å². The number of halogens is 1. The Bertz CT molecular complexity index is 341. The standard InChI is InChI=1S/C14H23ClN2/c1-11(9-16-3)12(2)17(4)10-13-7-5-6-8-14(13)15/h5-8,11-12,16H,9-10H2,1-4H3. The predicted molar refractivity (Wildman–Crippen MR) is 75.5 cm³/mol. The fourth-order valence-electron chi connectivity index (χ4n) is 1.97. The Morgan fingerprint density at radius 3 is 2.53 bits per heavy atom. The van der Waals surface area contributed by atoms with Crippen LogP contribution in [0.5, 0.6) is 0 Å². The third-order valence-corrected chi connectivity index (χ3v) is 3.79. The fraction of sp³-hybridized carbons (Fsp3) is 0.571. The predicted octanol–water partition coefficient (Wildman–Crippen LogP) is 3.02. The first kappa shape index (κ1) is 14.5. The van der Waals surface area contributed by atoms with E-state index in [9.17, 15) is 0 Å². The summed E-state index contributed by atoms with van der Waals surface area (Å²) in [6.45, 7) is 6.46. The molecule has 2 nitrogen and oxygen atoms in total. The Morgan fingerprint density at radius 2 is 1.94 bits per heavy atom. The first-order valence-electron chi connectivity index (χ1n) is 6.14. The summed E-state index contributed by atoms with van der Waals surface area (Å²) >= 11 is 6.17. The molecule has 96 valence electrons. The summed E-state index contributed by atoms with van der Waals surface area (Å²) in [6.07, 6.45) is 0. The Morgan fingerprint density at radius 1 is 1.29 bits per heavy atom. The van der Waals surface area contributed by atoms with Gasteiger partial charge in [-0.3, -0.25) is 4.90 Å². The molecule has 0 amide bonds. The highest BCUT2D eigenvalue weighted by Crippen LogP contribution is 2.19. The maximum Gasteiger partial charge on any atom is 0.0451 e. The highest BCUT2D eigenvalue weighted by Gasteiger charge is 2.17. The van der Waals surface area contributed by atoms with Gasteiger partial charge >= 0.3 is 0 Å². The highest BCUT2D eigenvalue weighted by molar-refractivity contribution is 6.31. The first-order chi connectivity index (χ1) is 8.06. The van der Waals surface area contributed by atoms with Crippen LogP contribution in [0.15, 0.2) is 24.3 Å². The van der Waals surface area contributed by atoms with Crippen LogP contribution in [-0.4, -0.2) is 31.6 Å². The monoisotopic (exact) mass is 254 g/mol. The van der Waals surface area contributed by atoms with Gasteiger partial charge in [-0.25, -0.2) is 0 Å². The molecule has 2 atom stereocenters. The Balaban J connectivity index is 2.60. The lowest BCUT2D eigenvalue weighted by molar-refractivity contribution is 0.190. The van der Waals surface area contributed by atoms with Gasteiger partial charge in [-0.05, 0) is 45.1 Å². The molecule has 0 aliphatic heterocycles. The lowest BCUT2D eigenvalue weighted by Gasteiger charge is -2.30. The molecule has 0 fully saturated rings. The van der Waals surface area contributed by atoms with Crippen LogP contribution in [0, 0.1) is 5.92 Å². The second kappa shape index (κ2) is 7.00. The summed E-state index contributed by atoms with van der Waals surface area (Å²) in [7, 11) is 4.15. The van der Waals surface area contributed by atoms with Crippen molar-refractivity contribution in [1.29, 1.82) is 0 Å². The Kier molecular flexibility index (Phi) is 5.96. The lowest BCUT2D eigenvalue weighted by Crippen LogP contribution is -2.37. The molecule has 0 saturated heterocycles. The third-order valence-electron chi connectivity index (χ3n) is 3.42. The van der Waals surface area contributed by atoms with Gasteiger partial charge in [-0.15, -0.1) is 0 Å². The van der Waals surface area contributed by atoms with Crippen LogP contribution in [0.4, 0.5) is 0 Å². The van der Waals surface area contributed by atoms with E-state index in [4.69, 9.17) is 11.6 Å². The number of nitrogens with one attached hydrogen (secondary N) is 1. The van der Waals surface area contributed by atoms with Gasteiger partial charge in [0.05, 0.1) is 0 Å². The number of nitrogens with zero attached hydrogens (tertiary/aromatic N) is 1. The van der Waals surface area contributed by atoms with Gasteiger partial charge in [-0.2, -0.15) is 0 Å². The quantitative estimate of drug-likeness (QED) is 0.840. The van der Waals surface area contributed by atoms with Gasteiger partial charge in [0, 0.05) is 17.6 Å². The molecule has 0 radical (unpaired) electrons. The molecule has 2 unspecified atom stereocenters. The second-order valence-corrected chi connectivity index (χ2v) is 5.19. The van der Waals surface area contributed by atoms with Gasteiger partial charge in [0.25, 0.3) is 0 Å². The van der Waals surface area contributed by atoms with Crippen molar-refractivity contribution in [3.8, 4) is 0 Å². The largest absolute Gasteiger partial charge is 0.319 e. The van der Waals surface area contributed by atoms with Crippen LogP contribution in [0.1, 0.15) is 19.4 Å². The van der Waals surface area contributed by atoms with Gasteiger partial charge in [0.2, 0.25) is 0 Å². The molecule has 1 aromatic rings. The molecule has 0 heterocycles. The van der Waals surface area contributed by atoms with E-state index in [1.54, 1.807) is 0 Å². The van der Waals surface area contributed by atoms with E-state index >= 15 is 0 Å². The molecule has 3 heteroatoms. The zero-order valence-electron chi connectivity index (χ0n) is 11.2. The average Bonchev–Trinajstić information content (AvgIpc) is 2.31. The summed E-state index contributed by atoms with van der Waals surface area (Å²) < 4.78 is 0. The number of rotatable bonds is 6. The summed E-state index contributed by atoms with van der Waals surface area (Å²) in [5.74, 6) is 0.618. The average molecular weight is 255 g/mol. The van der Waals surface area contributed by atoms with E-state index in [1.165, 1.54) is 5.56 Å². The molecular weight excluding hydrogens is 232 g/mol. The van der Waals surface area contributed by atoms with Crippen molar-refractivity contribution >= 4 is 11.6 Å². The zero-order chi connectivity index (χ0) is 12.8. The molecule has 1 N–H and O–H groups in total. The van der Waals surface area contributed by atoms with Crippen LogP contribution >= 0.6 is 11.6 Å². The van der Waals surface area contributed by atoms with E-state index in [-0.39, 0.29) is 0 Å². The van der Waals surface area contributed by atoms with E-state index < -0.39 is 0 Å². The molecule has 1 rings (SSSR count).